The summed E-state index contributed by atoms with van der Waals surface area (Å²) in [6.45, 7) is 3.03. The van der Waals surface area contributed by atoms with Crippen LogP contribution in [0.3, 0.4) is 0 Å². The number of carbonyl (C=O) groups excluding carboxylic acids is 2. The van der Waals surface area contributed by atoms with Crippen LogP contribution < -0.4 is 5.32 Å². The molecule has 1 heterocycles. The molecule has 7 heteroatoms. The molecule has 1 aromatic heterocycles. The molecular weight excluding hydrogens is 529 g/mol. The van der Waals surface area contributed by atoms with E-state index in [1.807, 2.05) is 58.0 Å². The molecule has 1 N–H and O–H groups in total. The summed E-state index contributed by atoms with van der Waals surface area (Å²) < 4.78 is 21.7. The van der Waals surface area contributed by atoms with E-state index in [0.29, 0.717) is 32.5 Å². The van der Waals surface area contributed by atoms with Crippen molar-refractivity contribution in [2.45, 2.75) is 51.9 Å². The molecule has 6 nitrogen and oxygen atoms in total. The highest BCUT2D eigenvalue weighted by Crippen LogP contribution is 2.35. The lowest BCUT2D eigenvalue weighted by Crippen LogP contribution is -2.47. The summed E-state index contributed by atoms with van der Waals surface area (Å²) in [5.74, 6) is -0.643. The highest BCUT2D eigenvalue weighted by Gasteiger charge is 2.32. The van der Waals surface area contributed by atoms with E-state index in [0.717, 1.165) is 50.5 Å². The van der Waals surface area contributed by atoms with Crippen LogP contribution >= 0.6 is 0 Å². The number of hydrogen-bond donors (Lipinski definition) is 1. The minimum Gasteiger partial charge on any atom is -0.465 e. The maximum atomic E-state index is 14.5. The number of ether oxygens (including phenoxy) is 1. The first-order valence-corrected chi connectivity index (χ1v) is 14.5. The summed E-state index contributed by atoms with van der Waals surface area (Å²) in [7, 11) is 0. The SMILES string of the molecule is CCOC(=O)Cn1c2c(c3cc(F)ccc31)C[C@@H](N(Cc1cccc3ccccc13)C(=O)NCc1ccccc1)CC2. The number of carbonyl (C=O) groups is 2. The summed E-state index contributed by atoms with van der Waals surface area (Å²) in [6.07, 6.45) is 1.94. The molecule has 2 amide bonds. The second-order valence-corrected chi connectivity index (χ2v) is 10.8. The van der Waals surface area contributed by atoms with E-state index in [4.69, 9.17) is 4.74 Å². The highest BCUT2D eigenvalue weighted by atomic mass is 19.1. The van der Waals surface area contributed by atoms with Crippen molar-refractivity contribution >= 4 is 33.7 Å². The van der Waals surface area contributed by atoms with E-state index in [9.17, 15) is 14.0 Å². The summed E-state index contributed by atoms with van der Waals surface area (Å²) in [5.41, 5.74) is 4.91. The number of fused-ring (bicyclic) bond motifs is 4. The predicted octanol–water partition coefficient (Wildman–Crippen LogP) is 6.77. The molecule has 6 rings (SSSR count). The summed E-state index contributed by atoms with van der Waals surface area (Å²) in [6, 6.07) is 28.7. The van der Waals surface area contributed by atoms with Gasteiger partial charge in [-0.15, -0.1) is 0 Å². The van der Waals surface area contributed by atoms with Crippen molar-refractivity contribution in [2.24, 2.45) is 0 Å². The fourth-order valence-electron chi connectivity index (χ4n) is 6.24. The van der Waals surface area contributed by atoms with Crippen molar-refractivity contribution in [1.82, 2.24) is 14.8 Å². The van der Waals surface area contributed by atoms with E-state index in [2.05, 4.69) is 29.6 Å². The zero-order valence-corrected chi connectivity index (χ0v) is 23.7. The van der Waals surface area contributed by atoms with Crippen molar-refractivity contribution in [3.8, 4) is 0 Å². The van der Waals surface area contributed by atoms with Crippen LogP contribution in [0.5, 0.6) is 0 Å². The lowest BCUT2D eigenvalue weighted by atomic mass is 9.90. The van der Waals surface area contributed by atoms with Gasteiger partial charge in [-0.1, -0.05) is 72.8 Å². The zero-order valence-electron chi connectivity index (χ0n) is 23.7. The first-order valence-electron chi connectivity index (χ1n) is 14.5. The Hall–Kier alpha value is -4.65. The summed E-state index contributed by atoms with van der Waals surface area (Å²) >= 11 is 0. The van der Waals surface area contributed by atoms with Gasteiger partial charge in [0.25, 0.3) is 0 Å². The smallest absolute Gasteiger partial charge is 0.325 e. The number of amides is 2. The summed E-state index contributed by atoms with van der Waals surface area (Å²) in [5, 5.41) is 6.17. The van der Waals surface area contributed by atoms with Gasteiger partial charge < -0.3 is 19.5 Å². The second-order valence-electron chi connectivity index (χ2n) is 10.8. The van der Waals surface area contributed by atoms with Crippen LogP contribution in [-0.2, 0) is 42.0 Å². The minimum absolute atomic E-state index is 0.0766. The Balaban J connectivity index is 1.35. The van der Waals surface area contributed by atoms with E-state index in [-0.39, 0.29) is 30.4 Å². The van der Waals surface area contributed by atoms with Gasteiger partial charge in [-0.05, 0) is 71.8 Å². The van der Waals surface area contributed by atoms with E-state index in [1.165, 1.54) is 6.07 Å². The Morgan fingerprint density at radius 2 is 1.76 bits per heavy atom. The van der Waals surface area contributed by atoms with Gasteiger partial charge in [-0.25, -0.2) is 9.18 Å². The lowest BCUT2D eigenvalue weighted by Gasteiger charge is -2.35. The van der Waals surface area contributed by atoms with Crippen molar-refractivity contribution in [1.29, 1.82) is 0 Å². The third-order valence-electron chi connectivity index (χ3n) is 8.20. The normalized spacial score (nSPS) is 14.5. The monoisotopic (exact) mass is 563 g/mol. The van der Waals surface area contributed by atoms with E-state index < -0.39 is 0 Å². The molecule has 0 unspecified atom stereocenters. The number of hydrogen-bond acceptors (Lipinski definition) is 3. The standard InChI is InChI=1S/C35H34FN3O3/c1-2-42-34(40)23-39-32-17-15-27(36)19-30(32)31-20-28(16-18-33(31)39)38(35(41)37-21-24-9-4-3-5-10-24)22-26-13-8-12-25-11-6-7-14-29(25)26/h3-15,17,19,28H,2,16,18,20-23H2,1H3,(H,37,41)/t28-/m0/s1. The maximum absolute atomic E-state index is 14.5. The van der Waals surface area contributed by atoms with Crippen LogP contribution in [0.4, 0.5) is 9.18 Å². The Labute approximate surface area is 244 Å². The van der Waals surface area contributed by atoms with Crippen LogP contribution in [0.2, 0.25) is 0 Å². The maximum Gasteiger partial charge on any atom is 0.325 e. The number of nitrogens with one attached hydrogen (secondary N) is 1. The molecule has 0 aliphatic heterocycles. The van der Waals surface area contributed by atoms with E-state index >= 15 is 0 Å². The van der Waals surface area contributed by atoms with Gasteiger partial charge in [-0.3, -0.25) is 4.79 Å². The molecule has 1 aliphatic carbocycles. The Morgan fingerprint density at radius 3 is 2.60 bits per heavy atom. The number of nitrogens with zero attached hydrogens (tertiary/aromatic N) is 2. The van der Waals surface area contributed by atoms with Crippen molar-refractivity contribution in [3.63, 3.8) is 0 Å². The molecule has 0 fully saturated rings. The summed E-state index contributed by atoms with van der Waals surface area (Å²) in [4.78, 5) is 28.3. The molecule has 4 aromatic carbocycles. The number of halogens is 1. The molecule has 0 radical (unpaired) electrons. The topological polar surface area (TPSA) is 63.6 Å². The molecule has 0 bridgehead atoms. The number of esters is 1. The van der Waals surface area contributed by atoms with Gasteiger partial charge in [0.2, 0.25) is 0 Å². The van der Waals surface area contributed by atoms with Crippen LogP contribution in [-0.4, -0.2) is 34.1 Å². The van der Waals surface area contributed by atoms with Gasteiger partial charge in [0, 0.05) is 35.7 Å². The van der Waals surface area contributed by atoms with Gasteiger partial charge in [-0.2, -0.15) is 0 Å². The number of urea groups is 1. The largest absolute Gasteiger partial charge is 0.465 e. The Kier molecular flexibility index (Phi) is 7.91. The molecule has 5 aromatic rings. The molecular formula is C35H34FN3O3. The quantitative estimate of drug-likeness (QED) is 0.212. The molecule has 1 aliphatic rings. The fraction of sp³-hybridized carbons (Fsp3) is 0.257. The Morgan fingerprint density at radius 1 is 0.976 bits per heavy atom. The molecule has 42 heavy (non-hydrogen) atoms. The van der Waals surface area contributed by atoms with Gasteiger partial charge in [0.1, 0.15) is 12.4 Å². The van der Waals surface area contributed by atoms with Crippen molar-refractivity contribution < 1.29 is 18.7 Å². The highest BCUT2D eigenvalue weighted by molar-refractivity contribution is 5.88. The third kappa shape index (κ3) is 5.59. The minimum atomic E-state index is -0.325. The van der Waals surface area contributed by atoms with Crippen molar-refractivity contribution in [2.75, 3.05) is 6.61 Å². The average Bonchev–Trinajstić information content (AvgIpc) is 3.30. The van der Waals surface area contributed by atoms with Gasteiger partial charge in [0.05, 0.1) is 6.61 Å². The van der Waals surface area contributed by atoms with Crippen LogP contribution in [0.25, 0.3) is 21.7 Å². The van der Waals surface area contributed by atoms with Crippen LogP contribution in [0.15, 0.2) is 91.0 Å². The number of benzene rings is 4. The second kappa shape index (κ2) is 12.1. The van der Waals surface area contributed by atoms with Crippen LogP contribution in [0.1, 0.15) is 35.7 Å². The lowest BCUT2D eigenvalue weighted by molar-refractivity contribution is -0.143. The molecule has 214 valence electrons. The Bertz CT molecular complexity index is 1740. The molecule has 0 saturated carbocycles. The predicted molar refractivity (Wildman–Crippen MR) is 163 cm³/mol. The zero-order chi connectivity index (χ0) is 29.1. The van der Waals surface area contributed by atoms with Gasteiger partial charge >= 0.3 is 12.0 Å². The number of aromatic nitrogens is 1. The molecule has 0 saturated heterocycles. The van der Waals surface area contributed by atoms with E-state index in [1.54, 1.807) is 19.1 Å². The molecule has 1 atom stereocenters. The van der Waals surface area contributed by atoms with Gasteiger partial charge in [0.15, 0.2) is 0 Å². The average molecular weight is 564 g/mol. The number of rotatable bonds is 8. The first kappa shape index (κ1) is 27.5. The third-order valence-corrected chi connectivity index (χ3v) is 8.20. The van der Waals surface area contributed by atoms with Crippen LogP contribution in [0, 0.1) is 5.82 Å². The molecule has 0 spiro atoms. The fourth-order valence-corrected chi connectivity index (χ4v) is 6.24. The first-order chi connectivity index (χ1) is 20.5. The van der Waals surface area contributed by atoms with Crippen molar-refractivity contribution in [3.05, 3.63) is 119 Å².